The number of benzene rings is 4. The highest BCUT2D eigenvalue weighted by Gasteiger charge is 2.36. The highest BCUT2D eigenvalue weighted by atomic mass is 79.9. The molecule has 12 nitrogen and oxygen atoms in total. The zero-order valence-corrected chi connectivity index (χ0v) is 76.0. The van der Waals surface area contributed by atoms with Crippen LogP contribution in [0.4, 0.5) is 23.3 Å². The van der Waals surface area contributed by atoms with Gasteiger partial charge in [-0.15, -0.1) is 0 Å². The van der Waals surface area contributed by atoms with Crippen molar-refractivity contribution in [3.63, 3.8) is 0 Å². The number of fused-ring (bicyclic) bond motifs is 4. The maximum atomic E-state index is 7.08. The topological polar surface area (TPSA) is 113 Å². The van der Waals surface area contributed by atoms with Gasteiger partial charge >= 0.3 is 0 Å². The summed E-state index contributed by atoms with van der Waals surface area (Å²) in [4.78, 5) is 27.2. The normalized spacial score (nSPS) is 12.0. The zero-order chi connectivity index (χ0) is 80.9. The minimum atomic E-state index is 0.385. The number of hydrogen-bond acceptors (Lipinski definition) is 12. The summed E-state index contributed by atoms with van der Waals surface area (Å²) >= 11 is 3.84. The minimum absolute atomic E-state index is 0.385. The Kier molecular flexibility index (Phi) is 53.3. The van der Waals surface area contributed by atoms with Gasteiger partial charge in [-0.3, -0.25) is 0 Å². The van der Waals surface area contributed by atoms with E-state index in [0.717, 1.165) is 149 Å². The molecule has 0 radical (unpaired) electrons. The van der Waals surface area contributed by atoms with Crippen LogP contribution in [0.2, 0.25) is 0 Å². The Balaban J connectivity index is 1.26. The van der Waals surface area contributed by atoms with Gasteiger partial charge in [0, 0.05) is 4.47 Å². The Labute approximate surface area is 711 Å². The Morgan fingerprint density at radius 1 is 0.226 bits per heavy atom. The molecule has 0 fully saturated rings. The molecule has 7 rings (SSSR count). The van der Waals surface area contributed by atoms with Crippen LogP contribution in [0.1, 0.15) is 438 Å². The fourth-order valence-electron chi connectivity index (χ4n) is 16.4. The van der Waals surface area contributed by atoms with Crippen molar-refractivity contribution < 1.29 is 28.4 Å². The van der Waals surface area contributed by atoms with Gasteiger partial charge in [-0.2, -0.15) is 0 Å². The molecule has 646 valence electrons. The van der Waals surface area contributed by atoms with Gasteiger partial charge in [0.25, 0.3) is 0 Å². The van der Waals surface area contributed by atoms with Gasteiger partial charge in [-0.1, -0.05) is 416 Å². The second-order valence-corrected chi connectivity index (χ2v) is 35.0. The van der Waals surface area contributed by atoms with Crippen molar-refractivity contribution in [3.05, 3.63) is 82.3 Å². The number of unbranched alkanes of at least 4 members (excludes halogenated alkanes) is 54. The third kappa shape index (κ3) is 39.5. The Morgan fingerprint density at radius 3 is 0.661 bits per heavy atom. The molecule has 1 aliphatic rings. The first kappa shape index (κ1) is 96.6. The van der Waals surface area contributed by atoms with Crippen LogP contribution in [0.5, 0.6) is 34.5 Å². The molecule has 0 atom stereocenters. The van der Waals surface area contributed by atoms with Crippen LogP contribution in [-0.4, -0.2) is 59.6 Å². The van der Waals surface area contributed by atoms with Gasteiger partial charge in [0.15, 0.2) is 46.3 Å². The first-order chi connectivity index (χ1) is 56.9. The lowest BCUT2D eigenvalue weighted by atomic mass is 10.1. The van der Waals surface area contributed by atoms with E-state index in [4.69, 9.17) is 48.4 Å². The maximum Gasteiger partial charge on any atom is 0.203 e. The first-order valence-electron chi connectivity index (χ1n) is 48.8. The molecule has 0 saturated carbocycles. The second-order valence-electron chi connectivity index (χ2n) is 34.1. The number of nitrogens with zero attached hydrogens (tertiary/aromatic N) is 6. The molecular weight excluding hydrogens is 1490 g/mol. The average molecular weight is 1650 g/mol. The highest BCUT2D eigenvalue weighted by Crippen LogP contribution is 2.50. The predicted octanol–water partition coefficient (Wildman–Crippen LogP) is 33.1. The van der Waals surface area contributed by atoms with Gasteiger partial charge in [0.05, 0.1) is 74.8 Å². The molecular formula is C102H165BrN6O6. The summed E-state index contributed by atoms with van der Waals surface area (Å²) in [5, 5.41) is 0. The van der Waals surface area contributed by atoms with E-state index in [-0.39, 0.29) is 0 Å². The van der Waals surface area contributed by atoms with E-state index < -0.39 is 0 Å². The Hall–Kier alpha value is -5.56. The molecule has 115 heavy (non-hydrogen) atoms. The summed E-state index contributed by atoms with van der Waals surface area (Å²) in [6, 6.07) is 23.4. The molecule has 0 saturated heterocycles. The van der Waals surface area contributed by atoms with Gasteiger partial charge in [-0.25, -0.2) is 19.9 Å². The summed E-state index contributed by atoms with van der Waals surface area (Å²) in [5.41, 5.74) is 5.18. The highest BCUT2D eigenvalue weighted by molar-refractivity contribution is 9.10. The van der Waals surface area contributed by atoms with Gasteiger partial charge in [0.2, 0.25) is 11.5 Å². The number of aromatic nitrogens is 4. The molecule has 0 N–H and O–H groups in total. The number of rotatable bonds is 76. The molecule has 0 bridgehead atoms. The van der Waals surface area contributed by atoms with Gasteiger partial charge in [0.1, 0.15) is 0 Å². The largest absolute Gasteiger partial charge is 0.490 e. The summed E-state index contributed by atoms with van der Waals surface area (Å²) in [5.74, 6) is 7.19. The third-order valence-electron chi connectivity index (χ3n) is 23.5. The average Bonchev–Trinajstić information content (AvgIpc) is 0.728. The molecule has 6 aromatic rings. The lowest BCUT2D eigenvalue weighted by molar-refractivity contribution is 0.234. The molecule has 0 amide bonds. The van der Waals surface area contributed by atoms with Gasteiger partial charge < -0.3 is 38.2 Å². The van der Waals surface area contributed by atoms with E-state index >= 15 is 0 Å². The third-order valence-corrected chi connectivity index (χ3v) is 24.0. The minimum Gasteiger partial charge on any atom is -0.490 e. The smallest absolute Gasteiger partial charge is 0.203 e. The van der Waals surface area contributed by atoms with Crippen molar-refractivity contribution in [2.45, 2.75) is 440 Å². The number of anilines is 4. The zero-order valence-electron chi connectivity index (χ0n) is 74.4. The molecule has 0 spiro atoms. The fourth-order valence-corrected chi connectivity index (χ4v) is 16.7. The van der Waals surface area contributed by atoms with Gasteiger partial charge in [-0.05, 0) is 104 Å². The lowest BCUT2D eigenvalue weighted by Crippen LogP contribution is -2.32. The summed E-state index contributed by atoms with van der Waals surface area (Å²) in [6.07, 6.45) is 75.8. The fraction of sp³-hybridized carbons (Fsp3) is 0.725. The molecule has 13 heteroatoms. The van der Waals surface area contributed by atoms with E-state index in [1.807, 2.05) is 0 Å². The van der Waals surface area contributed by atoms with Crippen LogP contribution in [0.3, 0.4) is 0 Å². The summed E-state index contributed by atoms with van der Waals surface area (Å²) in [6.45, 7) is 18.2. The van der Waals surface area contributed by atoms with Crippen molar-refractivity contribution >= 4 is 61.3 Å². The molecule has 3 heterocycles. The Bertz CT molecular complexity index is 3330. The van der Waals surface area contributed by atoms with E-state index in [2.05, 4.69) is 134 Å². The van der Waals surface area contributed by atoms with E-state index in [0.29, 0.717) is 76.0 Å². The van der Waals surface area contributed by atoms with Crippen molar-refractivity contribution in [1.82, 2.24) is 19.9 Å². The quantitative estimate of drug-likeness (QED) is 0.0339. The van der Waals surface area contributed by atoms with Crippen molar-refractivity contribution in [2.24, 2.45) is 0 Å². The lowest BCUT2D eigenvalue weighted by Gasteiger charge is -2.37. The standard InChI is InChI=1S/C102H165BrN6O6/c1-7-13-19-25-31-37-43-49-55-63-73-110-93-79-86(80-94(111-74-64-56-50-44-38-32-26-20-14-8-2)97(93)114-77-67-59-53-47-41-35-29-23-17-11-5)84-108-99-100(105-90-70-62-61-69-89(90)104-99)109(102-101(108)106-91-72-71-88(103)83-92(91)107-102)85-87-81-95(112-75-65-57-51-45-39-33-27-21-15-9-3)98(115-78-68-60-54-48-42-36-30-24-18-12-6)96(82-87)113-76-66-58-52-46-40-34-28-22-16-10-4/h61-62,69-72,79-83H,7-60,63-68,73-78,84-85H2,1-6H3. The number of halogens is 1. The first-order valence-corrected chi connectivity index (χ1v) is 49.6. The van der Waals surface area contributed by atoms with E-state index in [1.165, 1.54) is 308 Å². The second kappa shape index (κ2) is 63.5. The van der Waals surface area contributed by atoms with Crippen LogP contribution in [0.25, 0.3) is 22.1 Å². The van der Waals surface area contributed by atoms with Crippen molar-refractivity contribution in [2.75, 3.05) is 49.4 Å². The number of ether oxygens (including phenoxy) is 6. The monoisotopic (exact) mass is 1650 g/mol. The number of para-hydroxylation sites is 2. The maximum absolute atomic E-state index is 7.08. The Morgan fingerprint density at radius 2 is 0.426 bits per heavy atom. The summed E-state index contributed by atoms with van der Waals surface area (Å²) < 4.78 is 43.3. The molecule has 0 aliphatic carbocycles. The molecule has 1 aliphatic heterocycles. The van der Waals surface area contributed by atoms with E-state index in [9.17, 15) is 0 Å². The van der Waals surface area contributed by atoms with Crippen molar-refractivity contribution in [1.29, 1.82) is 0 Å². The molecule has 0 unspecified atom stereocenters. The number of hydrogen-bond donors (Lipinski definition) is 0. The van der Waals surface area contributed by atoms with Crippen LogP contribution in [-0.2, 0) is 13.1 Å². The summed E-state index contributed by atoms with van der Waals surface area (Å²) in [7, 11) is 0. The van der Waals surface area contributed by atoms with Crippen LogP contribution in [0, 0.1) is 0 Å². The molecule has 4 aromatic carbocycles. The van der Waals surface area contributed by atoms with Crippen molar-refractivity contribution in [3.8, 4) is 34.5 Å². The van der Waals surface area contributed by atoms with Crippen LogP contribution < -0.4 is 38.2 Å². The van der Waals surface area contributed by atoms with Crippen LogP contribution in [0.15, 0.2) is 71.2 Å². The predicted molar refractivity (Wildman–Crippen MR) is 495 cm³/mol. The molecule has 2 aromatic heterocycles. The van der Waals surface area contributed by atoms with E-state index in [1.54, 1.807) is 0 Å². The van der Waals surface area contributed by atoms with Crippen LogP contribution >= 0.6 is 15.9 Å². The SMILES string of the molecule is CCCCCCCCCCCCOc1cc(CN2c3nc4ccccc4nc3N(Cc3cc(OCCCCCCCCCCCC)c(OCCCCCCCCCCCC)c(OCCCCCCCCCCCC)c3)c3nc4cc(Br)ccc4nc32)cc(OCCCCCCCCCCCC)c1OCCCCCCCCCCCC.